The quantitative estimate of drug-likeness (QED) is 0.611. The lowest BCUT2D eigenvalue weighted by molar-refractivity contribution is -0.107. The van der Waals surface area contributed by atoms with Gasteiger partial charge in [0.05, 0.1) is 7.11 Å². The van der Waals surface area contributed by atoms with Gasteiger partial charge in [0.15, 0.2) is 11.6 Å². The van der Waals surface area contributed by atoms with E-state index in [0.717, 1.165) is 11.8 Å². The van der Waals surface area contributed by atoms with Crippen LogP contribution in [0, 0.1) is 5.82 Å². The fraction of sp³-hybridized carbons (Fsp3) is 0.462. The largest absolute Gasteiger partial charge is 0.494 e. The molecule has 0 aromatic heterocycles. The highest BCUT2D eigenvalue weighted by atomic mass is 19.1. The van der Waals surface area contributed by atoms with Crippen LogP contribution in [0.5, 0.6) is 5.75 Å². The Balaban J connectivity index is 2.86. The van der Waals surface area contributed by atoms with E-state index in [0.29, 0.717) is 13.0 Å². The molecule has 0 saturated carbocycles. The first-order chi connectivity index (χ1) is 8.01. The van der Waals surface area contributed by atoms with Crippen LogP contribution in [-0.4, -0.2) is 19.9 Å². The molecule has 0 unspecified atom stereocenters. The van der Waals surface area contributed by atoms with E-state index in [1.165, 1.54) is 13.2 Å². The number of carbonyl (C=O) groups excluding carboxylic acids is 1. The van der Waals surface area contributed by atoms with Crippen molar-refractivity contribution in [2.24, 2.45) is 0 Å². The van der Waals surface area contributed by atoms with Gasteiger partial charge in [-0.25, -0.2) is 4.39 Å². The number of halogens is 1. The number of carbonyl (C=O) groups is 1. The third-order valence-corrected chi connectivity index (χ3v) is 2.70. The van der Waals surface area contributed by atoms with Crippen LogP contribution >= 0.6 is 0 Å². The molecule has 1 aromatic carbocycles. The minimum Gasteiger partial charge on any atom is -0.494 e. The highest BCUT2D eigenvalue weighted by Gasteiger charge is 2.20. The zero-order valence-corrected chi connectivity index (χ0v) is 10.4. The van der Waals surface area contributed by atoms with Crippen LogP contribution in [0.25, 0.3) is 0 Å². The van der Waals surface area contributed by atoms with Crippen LogP contribution in [0.15, 0.2) is 18.2 Å². The van der Waals surface area contributed by atoms with Crippen molar-refractivity contribution in [2.45, 2.75) is 25.8 Å². The number of nitrogens with one attached hydrogen (secondary N) is 1. The lowest BCUT2D eigenvalue weighted by Crippen LogP contribution is -2.37. The Kier molecular flexibility index (Phi) is 4.63. The van der Waals surface area contributed by atoms with E-state index in [1.54, 1.807) is 12.1 Å². The molecule has 1 rings (SSSR count). The second-order valence-corrected chi connectivity index (χ2v) is 4.36. The Morgan fingerprint density at radius 2 is 2.18 bits per heavy atom. The molecular weight excluding hydrogens is 221 g/mol. The maximum Gasteiger partial charge on any atom is 0.165 e. The molecule has 0 aliphatic carbocycles. The van der Waals surface area contributed by atoms with E-state index in [9.17, 15) is 9.18 Å². The average Bonchev–Trinajstić information content (AvgIpc) is 2.29. The normalized spacial score (nSPS) is 11.3. The molecule has 0 heterocycles. The minimum atomic E-state index is -0.375. The fourth-order valence-corrected chi connectivity index (χ4v) is 1.59. The van der Waals surface area contributed by atoms with E-state index in [4.69, 9.17) is 4.74 Å². The number of ether oxygens (including phenoxy) is 1. The molecule has 3 nitrogen and oxygen atoms in total. The van der Waals surface area contributed by atoms with Gasteiger partial charge in [-0.1, -0.05) is 6.07 Å². The van der Waals surface area contributed by atoms with Crippen LogP contribution in [-0.2, 0) is 10.3 Å². The number of benzene rings is 1. The van der Waals surface area contributed by atoms with Gasteiger partial charge < -0.3 is 14.8 Å². The highest BCUT2D eigenvalue weighted by Crippen LogP contribution is 2.26. The van der Waals surface area contributed by atoms with Gasteiger partial charge in [0.2, 0.25) is 0 Å². The zero-order valence-electron chi connectivity index (χ0n) is 10.4. The van der Waals surface area contributed by atoms with Crippen molar-refractivity contribution in [3.63, 3.8) is 0 Å². The smallest absolute Gasteiger partial charge is 0.165 e. The third kappa shape index (κ3) is 3.53. The summed E-state index contributed by atoms with van der Waals surface area (Å²) in [5.41, 5.74) is 0.589. The van der Waals surface area contributed by atoms with Crippen LogP contribution < -0.4 is 10.1 Å². The highest BCUT2D eigenvalue weighted by molar-refractivity contribution is 5.49. The topological polar surface area (TPSA) is 38.3 Å². The number of hydrogen-bond donors (Lipinski definition) is 1. The van der Waals surface area contributed by atoms with E-state index in [1.807, 2.05) is 13.8 Å². The monoisotopic (exact) mass is 239 g/mol. The second-order valence-electron chi connectivity index (χ2n) is 4.36. The third-order valence-electron chi connectivity index (χ3n) is 2.70. The summed E-state index contributed by atoms with van der Waals surface area (Å²) < 4.78 is 18.2. The molecule has 0 atom stereocenters. The molecule has 0 saturated heterocycles. The number of hydrogen-bond acceptors (Lipinski definition) is 3. The van der Waals surface area contributed by atoms with Crippen molar-refractivity contribution < 1.29 is 13.9 Å². The Labute approximate surface area is 101 Å². The van der Waals surface area contributed by atoms with Crippen molar-refractivity contribution in [1.29, 1.82) is 0 Å². The molecule has 0 fully saturated rings. The molecule has 0 aliphatic rings. The molecule has 0 bridgehead atoms. The predicted molar refractivity (Wildman–Crippen MR) is 64.7 cm³/mol. The Bertz CT molecular complexity index is 391. The Hall–Kier alpha value is -1.42. The van der Waals surface area contributed by atoms with Crippen molar-refractivity contribution in [3.05, 3.63) is 29.6 Å². The predicted octanol–water partition coefficient (Wildman–Crippen LogP) is 2.25. The molecule has 0 radical (unpaired) electrons. The first-order valence-electron chi connectivity index (χ1n) is 5.54. The summed E-state index contributed by atoms with van der Waals surface area (Å²) >= 11 is 0. The number of aldehydes is 1. The summed E-state index contributed by atoms with van der Waals surface area (Å²) in [5.74, 6) is -0.146. The molecule has 1 N–H and O–H groups in total. The summed E-state index contributed by atoms with van der Waals surface area (Å²) in [5, 5.41) is 3.24. The molecular formula is C13H18FNO2. The molecule has 0 aliphatic heterocycles. The fourth-order valence-electron chi connectivity index (χ4n) is 1.59. The van der Waals surface area contributed by atoms with Crippen molar-refractivity contribution >= 4 is 6.29 Å². The molecule has 94 valence electrons. The second kappa shape index (κ2) is 5.77. The number of methoxy groups -OCH3 is 1. The summed E-state index contributed by atoms with van der Waals surface area (Å²) in [6.07, 6.45) is 1.33. The number of rotatable bonds is 6. The van der Waals surface area contributed by atoms with Gasteiger partial charge in [-0.15, -0.1) is 0 Å². The van der Waals surface area contributed by atoms with E-state index >= 15 is 0 Å². The molecule has 0 amide bonds. The Morgan fingerprint density at radius 3 is 2.76 bits per heavy atom. The Morgan fingerprint density at radius 1 is 1.47 bits per heavy atom. The average molecular weight is 239 g/mol. The maximum absolute atomic E-state index is 13.3. The van der Waals surface area contributed by atoms with Gasteiger partial charge >= 0.3 is 0 Å². The first kappa shape index (κ1) is 13.6. The maximum atomic E-state index is 13.3. The zero-order chi connectivity index (χ0) is 12.9. The summed E-state index contributed by atoms with van der Waals surface area (Å²) in [7, 11) is 1.44. The molecule has 1 aromatic rings. The van der Waals surface area contributed by atoms with Gasteiger partial charge in [-0.05, 0) is 31.5 Å². The van der Waals surface area contributed by atoms with Gasteiger partial charge in [0.25, 0.3) is 0 Å². The minimum absolute atomic E-state index is 0.229. The van der Waals surface area contributed by atoms with Crippen molar-refractivity contribution in [2.75, 3.05) is 13.7 Å². The van der Waals surface area contributed by atoms with E-state index < -0.39 is 0 Å². The van der Waals surface area contributed by atoms with Gasteiger partial charge in [-0.3, -0.25) is 0 Å². The van der Waals surface area contributed by atoms with Crippen LogP contribution in [0.4, 0.5) is 4.39 Å². The van der Waals surface area contributed by atoms with Crippen LogP contribution in [0.2, 0.25) is 0 Å². The molecule has 17 heavy (non-hydrogen) atoms. The van der Waals surface area contributed by atoms with Gasteiger partial charge in [-0.2, -0.15) is 0 Å². The lowest BCUT2D eigenvalue weighted by Gasteiger charge is -2.27. The van der Waals surface area contributed by atoms with Gasteiger partial charge in [0.1, 0.15) is 6.29 Å². The van der Waals surface area contributed by atoms with E-state index in [-0.39, 0.29) is 17.1 Å². The molecule has 0 spiro atoms. The summed E-state index contributed by atoms with van der Waals surface area (Å²) in [6.45, 7) is 4.55. The van der Waals surface area contributed by atoms with Crippen LogP contribution in [0.1, 0.15) is 25.8 Å². The lowest BCUT2D eigenvalue weighted by atomic mass is 9.94. The van der Waals surface area contributed by atoms with Gasteiger partial charge in [0, 0.05) is 18.5 Å². The summed E-state index contributed by atoms with van der Waals surface area (Å²) in [4.78, 5) is 10.3. The standard InChI is InChI=1S/C13H18FNO2/c1-13(2,15-7-4-8-16)10-5-6-11(14)12(9-10)17-3/h5-6,8-9,15H,4,7H2,1-3H3. The van der Waals surface area contributed by atoms with Crippen molar-refractivity contribution in [3.8, 4) is 5.75 Å². The first-order valence-corrected chi connectivity index (χ1v) is 5.54. The van der Waals surface area contributed by atoms with Crippen molar-refractivity contribution in [1.82, 2.24) is 5.32 Å². The molecule has 4 heteroatoms. The summed E-state index contributed by atoms with van der Waals surface area (Å²) in [6, 6.07) is 4.77. The van der Waals surface area contributed by atoms with Crippen LogP contribution in [0.3, 0.4) is 0 Å². The SMILES string of the molecule is COc1cc(C(C)(C)NCCC=O)ccc1F. The van der Waals surface area contributed by atoms with E-state index in [2.05, 4.69) is 5.32 Å².